The maximum atomic E-state index is 12.0. The zero-order valence-electron chi connectivity index (χ0n) is 12.9. The van der Waals surface area contributed by atoms with Gasteiger partial charge in [-0.3, -0.25) is 14.3 Å². The van der Waals surface area contributed by atoms with Crippen molar-refractivity contribution >= 4 is 24.6 Å². The van der Waals surface area contributed by atoms with E-state index < -0.39 is 44.2 Å². The molecule has 4 atom stereocenters. The van der Waals surface area contributed by atoms with Gasteiger partial charge in [0.1, 0.15) is 12.2 Å². The first kappa shape index (κ1) is 18.0. The van der Waals surface area contributed by atoms with Crippen LogP contribution in [-0.2, 0) is 14.0 Å². The molecule has 0 spiro atoms. The summed E-state index contributed by atoms with van der Waals surface area (Å²) in [5.41, 5.74) is 5.74. The number of ether oxygens (including phenoxy) is 2. The highest BCUT2D eigenvalue weighted by molar-refractivity contribution is 7.51. The lowest BCUT2D eigenvalue weighted by Gasteiger charge is -2.17. The molecule has 2 aromatic heterocycles. The van der Waals surface area contributed by atoms with E-state index in [1.54, 1.807) is 6.92 Å². The molecule has 0 radical (unpaired) electrons. The molecular weight excluding hydrogens is 359 g/mol. The van der Waals surface area contributed by atoms with Gasteiger partial charge in [-0.05, 0) is 12.5 Å². The smallest absolute Gasteiger partial charge is 0.351 e. The Morgan fingerprint density at radius 2 is 2.12 bits per heavy atom. The summed E-state index contributed by atoms with van der Waals surface area (Å²) in [6.07, 6.45) is -5.21. The van der Waals surface area contributed by atoms with Crippen molar-refractivity contribution in [2.75, 3.05) is 12.1 Å². The van der Waals surface area contributed by atoms with E-state index in [0.717, 1.165) is 0 Å². The monoisotopic (exact) mass is 376 g/mol. The van der Waals surface area contributed by atoms with Crippen molar-refractivity contribution in [1.29, 1.82) is 0 Å². The Balaban J connectivity index is 1.96. The summed E-state index contributed by atoms with van der Waals surface area (Å²) in [5.74, 6) is -0.140. The van der Waals surface area contributed by atoms with Crippen molar-refractivity contribution in [3.05, 3.63) is 22.1 Å². The standard InChI is InChI=1S/C12H17N4O8P/c1-4-2-16(8-5(4)9(19)15-12(13)14-8)10-6(17)7(18)11(24-10)23-3-25(20,21)22/h2,6-7,10-11,17-18H,3H2,1H3,(H2,20,21,22)(H3,13,14,15,19)/t6-,7?,10+,11-/m0/s1. The van der Waals surface area contributed by atoms with Gasteiger partial charge in [0.15, 0.2) is 24.5 Å². The molecule has 138 valence electrons. The molecule has 1 saturated heterocycles. The first-order chi connectivity index (χ1) is 11.6. The number of anilines is 1. The predicted molar refractivity (Wildman–Crippen MR) is 83.4 cm³/mol. The lowest BCUT2D eigenvalue weighted by molar-refractivity contribution is -0.167. The van der Waals surface area contributed by atoms with Gasteiger partial charge < -0.3 is 39.8 Å². The number of aliphatic hydroxyl groups is 2. The Hall–Kier alpha value is -1.79. The lowest BCUT2D eigenvalue weighted by Crippen LogP contribution is -2.33. The highest BCUT2D eigenvalue weighted by Gasteiger charge is 2.45. The number of aliphatic hydroxyl groups excluding tert-OH is 2. The van der Waals surface area contributed by atoms with Crippen LogP contribution in [0.5, 0.6) is 0 Å². The summed E-state index contributed by atoms with van der Waals surface area (Å²) in [4.78, 5) is 36.1. The van der Waals surface area contributed by atoms with Crippen LogP contribution in [-0.4, -0.2) is 59.4 Å². The van der Waals surface area contributed by atoms with E-state index in [4.69, 9.17) is 25.0 Å². The van der Waals surface area contributed by atoms with Crippen LogP contribution in [0.4, 0.5) is 5.95 Å². The highest BCUT2D eigenvalue weighted by Crippen LogP contribution is 2.38. The third kappa shape index (κ3) is 3.33. The summed E-state index contributed by atoms with van der Waals surface area (Å²) in [5, 5.41) is 20.4. The minimum atomic E-state index is -4.48. The number of nitrogen functional groups attached to an aromatic ring is 1. The molecule has 1 unspecified atom stereocenters. The van der Waals surface area contributed by atoms with Crippen molar-refractivity contribution in [3.8, 4) is 0 Å². The molecule has 1 fully saturated rings. The minimum absolute atomic E-state index is 0.130. The van der Waals surface area contributed by atoms with E-state index in [9.17, 15) is 19.6 Å². The largest absolute Gasteiger partial charge is 0.385 e. The summed E-state index contributed by atoms with van der Waals surface area (Å²) >= 11 is 0. The number of hydrogen-bond donors (Lipinski definition) is 6. The zero-order valence-corrected chi connectivity index (χ0v) is 13.8. The average Bonchev–Trinajstić information content (AvgIpc) is 2.95. The van der Waals surface area contributed by atoms with Gasteiger partial charge >= 0.3 is 7.60 Å². The first-order valence-electron chi connectivity index (χ1n) is 7.13. The van der Waals surface area contributed by atoms with Crippen molar-refractivity contribution in [1.82, 2.24) is 14.5 Å². The number of aromatic amines is 1. The fraction of sp³-hybridized carbons (Fsp3) is 0.500. The molecule has 3 heterocycles. The third-order valence-electron chi connectivity index (χ3n) is 3.77. The Morgan fingerprint density at radius 3 is 2.76 bits per heavy atom. The van der Waals surface area contributed by atoms with Crippen LogP contribution in [0.15, 0.2) is 11.0 Å². The number of nitrogens with one attached hydrogen (secondary N) is 1. The molecule has 0 saturated carbocycles. The Labute approximate surface area is 140 Å². The van der Waals surface area contributed by atoms with Gasteiger partial charge in [0.2, 0.25) is 5.95 Å². The zero-order chi connectivity index (χ0) is 18.5. The van der Waals surface area contributed by atoms with Crippen molar-refractivity contribution < 1.29 is 34.0 Å². The number of fused-ring (bicyclic) bond motifs is 1. The van der Waals surface area contributed by atoms with E-state index in [0.29, 0.717) is 5.56 Å². The molecule has 0 aliphatic carbocycles. The third-order valence-corrected chi connectivity index (χ3v) is 4.25. The number of hydrogen-bond acceptors (Lipinski definition) is 8. The van der Waals surface area contributed by atoms with Gasteiger partial charge in [0.25, 0.3) is 5.56 Å². The number of rotatable bonds is 4. The SMILES string of the molecule is Cc1cn([C@@H]2O[C@H](OCP(=O)(O)O)C(O)[C@@H]2O)c2nc(N)[nH]c(=O)c12. The van der Waals surface area contributed by atoms with E-state index in [1.807, 2.05) is 0 Å². The number of aryl methyl sites for hydroxylation is 1. The summed E-state index contributed by atoms with van der Waals surface area (Å²) in [6, 6.07) is 0. The van der Waals surface area contributed by atoms with Gasteiger partial charge in [-0.1, -0.05) is 0 Å². The van der Waals surface area contributed by atoms with Crippen molar-refractivity contribution in [3.63, 3.8) is 0 Å². The highest BCUT2D eigenvalue weighted by atomic mass is 31.2. The molecule has 2 aromatic rings. The molecule has 25 heavy (non-hydrogen) atoms. The Kier molecular flexibility index (Phi) is 4.45. The van der Waals surface area contributed by atoms with E-state index in [-0.39, 0.29) is 17.0 Å². The fourth-order valence-electron chi connectivity index (χ4n) is 2.72. The fourth-order valence-corrected chi connectivity index (χ4v) is 3.06. The van der Waals surface area contributed by atoms with Crippen LogP contribution in [0.25, 0.3) is 11.0 Å². The van der Waals surface area contributed by atoms with E-state index in [2.05, 4.69) is 9.97 Å². The van der Waals surface area contributed by atoms with Crippen molar-refractivity contribution in [2.45, 2.75) is 31.6 Å². The van der Waals surface area contributed by atoms with Gasteiger partial charge in [-0.2, -0.15) is 4.98 Å². The normalized spacial score (nSPS) is 27.2. The molecule has 0 bridgehead atoms. The van der Waals surface area contributed by atoms with Gasteiger partial charge in [0, 0.05) is 6.20 Å². The quantitative estimate of drug-likeness (QED) is 0.336. The second-order valence-corrected chi connectivity index (χ2v) is 7.29. The van der Waals surface area contributed by atoms with Crippen LogP contribution in [0.3, 0.4) is 0 Å². The Bertz CT molecular complexity index is 904. The summed E-state index contributed by atoms with van der Waals surface area (Å²) in [7, 11) is -4.48. The topological polar surface area (TPSA) is 193 Å². The second kappa shape index (κ2) is 6.18. The molecule has 3 rings (SSSR count). The average molecular weight is 376 g/mol. The van der Waals surface area contributed by atoms with Gasteiger partial charge in [-0.15, -0.1) is 0 Å². The molecule has 13 heteroatoms. The van der Waals surface area contributed by atoms with Crippen LogP contribution in [0, 0.1) is 6.92 Å². The molecule has 12 nitrogen and oxygen atoms in total. The number of aromatic nitrogens is 3. The molecular formula is C12H17N4O8P. The summed E-state index contributed by atoms with van der Waals surface area (Å²) < 4.78 is 22.4. The lowest BCUT2D eigenvalue weighted by atomic mass is 10.2. The predicted octanol–water partition coefficient (Wildman–Crippen LogP) is -1.66. The van der Waals surface area contributed by atoms with Crippen LogP contribution < -0.4 is 11.3 Å². The van der Waals surface area contributed by atoms with Crippen LogP contribution in [0.2, 0.25) is 0 Å². The maximum Gasteiger partial charge on any atom is 0.351 e. The van der Waals surface area contributed by atoms with E-state index in [1.165, 1.54) is 10.8 Å². The molecule has 1 aliphatic heterocycles. The van der Waals surface area contributed by atoms with Crippen molar-refractivity contribution in [2.24, 2.45) is 0 Å². The molecule has 1 aliphatic rings. The number of nitrogens with zero attached hydrogens (tertiary/aromatic N) is 2. The molecule has 0 amide bonds. The number of H-pyrrole nitrogens is 1. The Morgan fingerprint density at radius 1 is 1.44 bits per heavy atom. The van der Waals surface area contributed by atoms with Crippen LogP contribution >= 0.6 is 7.60 Å². The summed E-state index contributed by atoms with van der Waals surface area (Å²) in [6.45, 7) is 1.64. The number of nitrogens with two attached hydrogens (primary N) is 1. The second-order valence-electron chi connectivity index (χ2n) is 5.71. The minimum Gasteiger partial charge on any atom is -0.385 e. The first-order valence-corrected chi connectivity index (χ1v) is 8.93. The molecule has 0 aromatic carbocycles. The van der Waals surface area contributed by atoms with Crippen LogP contribution in [0.1, 0.15) is 11.8 Å². The maximum absolute atomic E-state index is 12.0. The van der Waals surface area contributed by atoms with Gasteiger partial charge in [-0.25, -0.2) is 0 Å². The molecule has 7 N–H and O–H groups in total. The van der Waals surface area contributed by atoms with E-state index >= 15 is 0 Å². The van der Waals surface area contributed by atoms with Gasteiger partial charge in [0.05, 0.1) is 5.39 Å².